The van der Waals surface area contributed by atoms with Gasteiger partial charge in [-0.3, -0.25) is 4.90 Å². The highest BCUT2D eigenvalue weighted by Crippen LogP contribution is 2.35. The summed E-state index contributed by atoms with van der Waals surface area (Å²) in [6.07, 6.45) is 9.60. The average Bonchev–Trinajstić information content (AvgIpc) is 3.40. The van der Waals surface area contributed by atoms with Crippen LogP contribution in [-0.4, -0.2) is 90.1 Å². The molecule has 2 aliphatic heterocycles. The third-order valence-corrected chi connectivity index (χ3v) is 9.02. The van der Waals surface area contributed by atoms with Gasteiger partial charge in [0.15, 0.2) is 0 Å². The van der Waals surface area contributed by atoms with Gasteiger partial charge in [0, 0.05) is 63.0 Å². The molecule has 39 heavy (non-hydrogen) atoms. The number of nitriles is 1. The van der Waals surface area contributed by atoms with Crippen molar-refractivity contribution < 1.29 is 0 Å². The fourth-order valence-electron chi connectivity index (χ4n) is 6.29. The summed E-state index contributed by atoms with van der Waals surface area (Å²) in [6.45, 7) is 7.37. The first-order valence-electron chi connectivity index (χ1n) is 14.3. The molecule has 2 aliphatic carbocycles. The van der Waals surface area contributed by atoms with E-state index in [2.05, 4.69) is 95.5 Å². The third kappa shape index (κ3) is 4.95. The zero-order chi connectivity index (χ0) is 27.1. The first-order chi connectivity index (χ1) is 18.9. The lowest BCUT2D eigenvalue weighted by Gasteiger charge is -2.42. The number of nitrogens with zero attached hydrogens (tertiary/aromatic N) is 7. The summed E-state index contributed by atoms with van der Waals surface area (Å²) in [7, 11) is 6.37. The van der Waals surface area contributed by atoms with Crippen LogP contribution in [0.25, 0.3) is 11.6 Å². The number of hydrogen-bond donors (Lipinski definition) is 1. The first kappa shape index (κ1) is 26.0. The minimum atomic E-state index is 0.235. The molecule has 8 nitrogen and oxygen atoms in total. The molecule has 0 radical (unpaired) electrons. The van der Waals surface area contributed by atoms with Crippen LogP contribution in [0.5, 0.6) is 0 Å². The molecule has 2 atom stereocenters. The van der Waals surface area contributed by atoms with Crippen molar-refractivity contribution in [3.8, 4) is 6.07 Å². The summed E-state index contributed by atoms with van der Waals surface area (Å²) in [5.41, 5.74) is 5.30. The Morgan fingerprint density at radius 2 is 2.03 bits per heavy atom. The molecular weight excluding hydrogens is 484 g/mol. The van der Waals surface area contributed by atoms with E-state index >= 15 is 0 Å². The molecule has 0 spiro atoms. The fraction of sp³-hybridized carbons (Fsp3) is 0.516. The van der Waals surface area contributed by atoms with Crippen LogP contribution in [0.2, 0.25) is 0 Å². The number of nitrogens with one attached hydrogen (secondary N) is 1. The topological polar surface area (TPSA) is 74.6 Å². The third-order valence-electron chi connectivity index (χ3n) is 9.02. The lowest BCUT2D eigenvalue weighted by atomic mass is 10.1. The van der Waals surface area contributed by atoms with E-state index < -0.39 is 0 Å². The second-order valence-electron chi connectivity index (χ2n) is 11.7. The summed E-state index contributed by atoms with van der Waals surface area (Å²) < 4.78 is 0. The predicted octanol–water partition coefficient (Wildman–Crippen LogP) is 1.70. The molecular formula is C31H40N8. The molecule has 0 saturated carbocycles. The van der Waals surface area contributed by atoms with Gasteiger partial charge in [-0.15, -0.1) is 0 Å². The Morgan fingerprint density at radius 3 is 2.82 bits per heavy atom. The highest BCUT2D eigenvalue weighted by molar-refractivity contribution is 5.69. The van der Waals surface area contributed by atoms with Gasteiger partial charge in [-0.2, -0.15) is 10.2 Å². The van der Waals surface area contributed by atoms with E-state index in [1.807, 2.05) is 0 Å². The van der Waals surface area contributed by atoms with Gasteiger partial charge in [-0.1, -0.05) is 36.4 Å². The number of likely N-dealkylation sites (N-methyl/N-ethyl adjacent to an activating group) is 2. The molecule has 0 bridgehead atoms. The summed E-state index contributed by atoms with van der Waals surface area (Å²) in [6, 6.07) is 10.2. The molecule has 3 heterocycles. The number of allylic oxidation sites excluding steroid dienone is 1. The zero-order valence-corrected chi connectivity index (χ0v) is 23.7. The van der Waals surface area contributed by atoms with Crippen LogP contribution in [-0.2, 0) is 19.5 Å². The SMILES string of the molecule is C[C@H](CC#N)N(C)CCNc1nc(N2CC(N(C)C)C2)nc2c1CN([C@H]1Cc3cccc4c3=C1C=CCC=4)C2. The number of benzene rings is 1. The fourth-order valence-corrected chi connectivity index (χ4v) is 6.29. The van der Waals surface area contributed by atoms with Crippen molar-refractivity contribution >= 4 is 23.4 Å². The maximum Gasteiger partial charge on any atom is 0.227 e. The van der Waals surface area contributed by atoms with Crippen LogP contribution >= 0.6 is 0 Å². The van der Waals surface area contributed by atoms with Gasteiger partial charge in [0.05, 0.1) is 18.2 Å². The quantitative estimate of drug-likeness (QED) is 0.532. The van der Waals surface area contributed by atoms with Gasteiger partial charge in [0.1, 0.15) is 5.82 Å². The van der Waals surface area contributed by atoms with Crippen molar-refractivity contribution in [1.82, 2.24) is 24.7 Å². The molecule has 1 saturated heterocycles. The molecule has 4 aliphatic rings. The zero-order valence-electron chi connectivity index (χ0n) is 23.7. The Kier molecular flexibility index (Phi) is 7.15. The highest BCUT2D eigenvalue weighted by atomic mass is 15.4. The molecule has 1 aromatic heterocycles. The normalized spacial score (nSPS) is 20.9. The standard InChI is InChI=1S/C31H40N8/c1-21(12-13-32)37(4)15-14-33-30-26-19-38(20-27(26)34-31(35-30)39-17-24(18-39)36(2)3)28-16-23-10-7-9-22-8-5-6-11-25(28)29(22)23/h6-11,21,24,28H,5,12,14-20H2,1-4H3,(H,33,34,35)/t21-,28+/m1/s1. The van der Waals surface area contributed by atoms with E-state index in [9.17, 15) is 0 Å². The Hall–Kier alpha value is -3.25. The van der Waals surface area contributed by atoms with E-state index in [1.165, 1.54) is 27.1 Å². The summed E-state index contributed by atoms with van der Waals surface area (Å²) in [5, 5.41) is 15.6. The first-order valence-corrected chi connectivity index (χ1v) is 14.3. The smallest absolute Gasteiger partial charge is 0.227 e. The maximum atomic E-state index is 9.07. The van der Waals surface area contributed by atoms with Crippen LogP contribution in [0, 0.1) is 11.3 Å². The Bertz CT molecular complexity index is 1430. The van der Waals surface area contributed by atoms with Crippen molar-refractivity contribution in [1.29, 1.82) is 5.26 Å². The number of anilines is 2. The minimum Gasteiger partial charge on any atom is -0.368 e. The van der Waals surface area contributed by atoms with Crippen LogP contribution in [0.15, 0.2) is 30.4 Å². The maximum absolute atomic E-state index is 9.07. The average molecular weight is 525 g/mol. The van der Waals surface area contributed by atoms with E-state index in [1.54, 1.807) is 0 Å². The Labute approximate surface area is 231 Å². The molecule has 2 aromatic rings. The minimum absolute atomic E-state index is 0.235. The molecule has 204 valence electrons. The summed E-state index contributed by atoms with van der Waals surface area (Å²) in [4.78, 5) is 19.6. The van der Waals surface area contributed by atoms with Crippen molar-refractivity contribution in [2.24, 2.45) is 0 Å². The molecule has 0 unspecified atom stereocenters. The van der Waals surface area contributed by atoms with E-state index in [4.69, 9.17) is 15.2 Å². The Morgan fingerprint density at radius 1 is 1.18 bits per heavy atom. The number of fused-ring (bicyclic) bond motifs is 1. The molecule has 1 N–H and O–H groups in total. The van der Waals surface area contributed by atoms with Gasteiger partial charge >= 0.3 is 0 Å². The molecule has 1 aromatic carbocycles. The lowest BCUT2D eigenvalue weighted by Crippen LogP contribution is -2.58. The second-order valence-corrected chi connectivity index (χ2v) is 11.7. The largest absolute Gasteiger partial charge is 0.368 e. The molecule has 0 amide bonds. The van der Waals surface area contributed by atoms with Crippen LogP contribution in [0.4, 0.5) is 11.8 Å². The van der Waals surface area contributed by atoms with Crippen molar-refractivity contribution in [2.75, 3.05) is 57.5 Å². The van der Waals surface area contributed by atoms with Gasteiger partial charge in [0.25, 0.3) is 0 Å². The predicted molar refractivity (Wildman–Crippen MR) is 157 cm³/mol. The van der Waals surface area contributed by atoms with E-state index in [-0.39, 0.29) is 6.04 Å². The number of hydrogen-bond acceptors (Lipinski definition) is 8. The van der Waals surface area contributed by atoms with Crippen molar-refractivity contribution in [3.05, 3.63) is 57.6 Å². The van der Waals surface area contributed by atoms with Crippen molar-refractivity contribution in [2.45, 2.75) is 57.4 Å². The van der Waals surface area contributed by atoms with Gasteiger partial charge in [-0.25, -0.2) is 4.98 Å². The molecule has 1 fully saturated rings. The van der Waals surface area contributed by atoms with Gasteiger partial charge in [0.2, 0.25) is 5.95 Å². The van der Waals surface area contributed by atoms with Gasteiger partial charge < -0.3 is 20.0 Å². The summed E-state index contributed by atoms with van der Waals surface area (Å²) >= 11 is 0. The second kappa shape index (κ2) is 10.7. The molecule has 8 heteroatoms. The molecule has 6 rings (SSSR count). The lowest BCUT2D eigenvalue weighted by molar-refractivity contribution is 0.241. The van der Waals surface area contributed by atoms with Gasteiger partial charge in [-0.05, 0) is 62.5 Å². The monoisotopic (exact) mass is 524 g/mol. The van der Waals surface area contributed by atoms with Crippen LogP contribution < -0.4 is 20.7 Å². The highest BCUT2D eigenvalue weighted by Gasteiger charge is 2.36. The van der Waals surface area contributed by atoms with E-state index in [0.717, 1.165) is 69.6 Å². The van der Waals surface area contributed by atoms with E-state index in [0.29, 0.717) is 18.5 Å². The van der Waals surface area contributed by atoms with Crippen LogP contribution in [0.3, 0.4) is 0 Å². The summed E-state index contributed by atoms with van der Waals surface area (Å²) in [5.74, 6) is 1.81. The van der Waals surface area contributed by atoms with Crippen LogP contribution in [0.1, 0.15) is 36.6 Å². The number of aromatic nitrogens is 2. The number of rotatable bonds is 9. The van der Waals surface area contributed by atoms with Crippen molar-refractivity contribution in [3.63, 3.8) is 0 Å². The Balaban J connectivity index is 1.25.